The van der Waals surface area contributed by atoms with Crippen LogP contribution in [0.15, 0.2) is 23.1 Å². The van der Waals surface area contributed by atoms with Gasteiger partial charge in [-0.15, -0.1) is 0 Å². The normalized spacial score (nSPS) is 17.8. The Labute approximate surface area is 107 Å². The highest BCUT2D eigenvalue weighted by atomic mass is 32.2. The van der Waals surface area contributed by atoms with Gasteiger partial charge in [-0.2, -0.15) is 5.26 Å². The van der Waals surface area contributed by atoms with Gasteiger partial charge in [-0.25, -0.2) is 13.1 Å². The van der Waals surface area contributed by atoms with Gasteiger partial charge in [-0.1, -0.05) is 0 Å². The van der Waals surface area contributed by atoms with E-state index in [0.717, 1.165) is 19.3 Å². The Balaban J connectivity index is 2.39. The van der Waals surface area contributed by atoms with Gasteiger partial charge in [-0.3, -0.25) is 0 Å². The molecule has 0 unspecified atom stereocenters. The zero-order valence-corrected chi connectivity index (χ0v) is 10.9. The molecule has 1 aromatic carbocycles. The first-order chi connectivity index (χ1) is 8.36. The number of sulfonamides is 1. The van der Waals surface area contributed by atoms with Gasteiger partial charge in [0.2, 0.25) is 10.0 Å². The van der Waals surface area contributed by atoms with Crippen LogP contribution in [0, 0.1) is 11.3 Å². The van der Waals surface area contributed by atoms with Crippen LogP contribution in [-0.2, 0) is 10.0 Å². The Bertz CT molecular complexity index is 613. The highest BCUT2D eigenvalue weighted by Gasteiger charge is 2.36. The van der Waals surface area contributed by atoms with Crippen molar-refractivity contribution in [2.45, 2.75) is 36.6 Å². The van der Waals surface area contributed by atoms with E-state index in [1.54, 1.807) is 0 Å². The van der Waals surface area contributed by atoms with Crippen LogP contribution in [0.1, 0.15) is 31.7 Å². The molecule has 0 aliphatic heterocycles. The zero-order chi connectivity index (χ0) is 13.4. The minimum atomic E-state index is -3.67. The summed E-state index contributed by atoms with van der Waals surface area (Å²) in [6.07, 6.45) is 2.66. The van der Waals surface area contributed by atoms with E-state index in [2.05, 4.69) is 4.72 Å². The zero-order valence-electron chi connectivity index (χ0n) is 10.1. The number of anilines is 1. The van der Waals surface area contributed by atoms with Crippen molar-refractivity contribution in [3.8, 4) is 6.07 Å². The van der Waals surface area contributed by atoms with Crippen LogP contribution in [-0.4, -0.2) is 14.0 Å². The van der Waals surface area contributed by atoms with Gasteiger partial charge in [0.05, 0.1) is 10.5 Å². The molecule has 1 aliphatic carbocycles. The number of hydrogen-bond acceptors (Lipinski definition) is 4. The molecule has 0 radical (unpaired) electrons. The van der Waals surface area contributed by atoms with Crippen molar-refractivity contribution < 1.29 is 8.42 Å². The summed E-state index contributed by atoms with van der Waals surface area (Å²) in [4.78, 5) is -0.00711. The van der Waals surface area contributed by atoms with Gasteiger partial charge in [0, 0.05) is 11.2 Å². The van der Waals surface area contributed by atoms with Crippen molar-refractivity contribution in [1.82, 2.24) is 4.72 Å². The van der Waals surface area contributed by atoms with E-state index < -0.39 is 10.0 Å². The number of benzene rings is 1. The largest absolute Gasteiger partial charge is 0.399 e. The van der Waals surface area contributed by atoms with Crippen LogP contribution in [0.4, 0.5) is 5.69 Å². The Hall–Kier alpha value is -1.58. The van der Waals surface area contributed by atoms with Crippen LogP contribution < -0.4 is 10.5 Å². The molecular formula is C12H15N3O2S. The second kappa shape index (κ2) is 4.26. The molecule has 1 saturated carbocycles. The lowest BCUT2D eigenvalue weighted by atomic mass is 9.80. The molecule has 18 heavy (non-hydrogen) atoms. The number of hydrogen-bond donors (Lipinski definition) is 2. The molecule has 5 nitrogen and oxygen atoms in total. The molecule has 0 saturated heterocycles. The molecule has 2 rings (SSSR count). The third-order valence-electron chi connectivity index (χ3n) is 3.25. The molecule has 0 spiro atoms. The number of nitrogens with one attached hydrogen (secondary N) is 1. The fraction of sp³-hybridized carbons (Fsp3) is 0.417. The van der Waals surface area contributed by atoms with Crippen molar-refractivity contribution in [2.24, 2.45) is 0 Å². The molecule has 1 fully saturated rings. The first-order valence-electron chi connectivity index (χ1n) is 5.70. The molecule has 0 bridgehead atoms. The smallest absolute Gasteiger partial charge is 0.242 e. The molecular weight excluding hydrogens is 250 g/mol. The van der Waals surface area contributed by atoms with Crippen molar-refractivity contribution in [1.29, 1.82) is 5.26 Å². The Morgan fingerprint density at radius 3 is 2.61 bits per heavy atom. The van der Waals surface area contributed by atoms with Crippen LogP contribution in [0.25, 0.3) is 0 Å². The summed E-state index contributed by atoms with van der Waals surface area (Å²) in [5.74, 6) is 0. The molecule has 6 heteroatoms. The van der Waals surface area contributed by atoms with Crippen molar-refractivity contribution in [3.63, 3.8) is 0 Å². The first-order valence-corrected chi connectivity index (χ1v) is 7.18. The SMILES string of the molecule is CC1(NS(=O)(=O)c2ccc(N)cc2C#N)CCC1. The molecule has 0 atom stereocenters. The molecule has 0 aromatic heterocycles. The van der Waals surface area contributed by atoms with Crippen LogP contribution >= 0.6 is 0 Å². The Morgan fingerprint density at radius 2 is 2.11 bits per heavy atom. The lowest BCUT2D eigenvalue weighted by molar-refractivity contribution is 0.248. The number of nitrogens with two attached hydrogens (primary N) is 1. The fourth-order valence-corrected chi connectivity index (χ4v) is 3.66. The first kappa shape index (κ1) is 12.9. The van der Waals surface area contributed by atoms with E-state index in [1.165, 1.54) is 18.2 Å². The van der Waals surface area contributed by atoms with E-state index >= 15 is 0 Å². The van der Waals surface area contributed by atoms with E-state index in [0.29, 0.717) is 5.69 Å². The van der Waals surface area contributed by atoms with Gasteiger partial charge in [-0.05, 0) is 44.4 Å². The maximum atomic E-state index is 12.2. The summed E-state index contributed by atoms with van der Waals surface area (Å²) in [7, 11) is -3.67. The van der Waals surface area contributed by atoms with E-state index in [4.69, 9.17) is 11.0 Å². The van der Waals surface area contributed by atoms with Crippen molar-refractivity contribution in [2.75, 3.05) is 5.73 Å². The van der Waals surface area contributed by atoms with E-state index in [-0.39, 0.29) is 16.0 Å². The standard InChI is InChI=1S/C12H15N3O2S/c1-12(5-2-6-12)15-18(16,17)11-4-3-10(14)7-9(11)8-13/h3-4,7,15H,2,5-6,14H2,1H3. The summed E-state index contributed by atoms with van der Waals surface area (Å²) in [6.45, 7) is 1.87. The van der Waals surface area contributed by atoms with Crippen molar-refractivity contribution >= 4 is 15.7 Å². The molecule has 3 N–H and O–H groups in total. The summed E-state index contributed by atoms with van der Waals surface area (Å²) >= 11 is 0. The molecule has 1 aliphatic rings. The van der Waals surface area contributed by atoms with E-state index in [1.807, 2.05) is 13.0 Å². The predicted octanol–water partition coefficient (Wildman–Crippen LogP) is 1.36. The summed E-state index contributed by atoms with van der Waals surface area (Å²) in [5.41, 5.74) is 5.61. The van der Waals surface area contributed by atoms with Crippen LogP contribution in [0.2, 0.25) is 0 Å². The Morgan fingerprint density at radius 1 is 1.44 bits per heavy atom. The predicted molar refractivity (Wildman–Crippen MR) is 68.1 cm³/mol. The van der Waals surface area contributed by atoms with E-state index in [9.17, 15) is 8.42 Å². The maximum Gasteiger partial charge on any atom is 0.242 e. The van der Waals surface area contributed by atoms with Gasteiger partial charge >= 0.3 is 0 Å². The average molecular weight is 265 g/mol. The van der Waals surface area contributed by atoms with Crippen molar-refractivity contribution in [3.05, 3.63) is 23.8 Å². The number of nitriles is 1. The van der Waals surface area contributed by atoms with Gasteiger partial charge in [0.15, 0.2) is 0 Å². The maximum absolute atomic E-state index is 12.2. The fourth-order valence-electron chi connectivity index (χ4n) is 2.06. The van der Waals surface area contributed by atoms with Gasteiger partial charge in [0.25, 0.3) is 0 Å². The topological polar surface area (TPSA) is 96.0 Å². The van der Waals surface area contributed by atoms with Gasteiger partial charge < -0.3 is 5.73 Å². The third kappa shape index (κ3) is 2.33. The average Bonchev–Trinajstić information content (AvgIpc) is 2.25. The Kier molecular flexibility index (Phi) is 3.05. The summed E-state index contributed by atoms with van der Waals surface area (Å²) < 4.78 is 27.1. The lowest BCUT2D eigenvalue weighted by Crippen LogP contribution is -2.50. The quantitative estimate of drug-likeness (QED) is 0.806. The summed E-state index contributed by atoms with van der Waals surface area (Å²) in [6, 6.07) is 6.10. The number of rotatable bonds is 3. The molecule has 0 heterocycles. The monoisotopic (exact) mass is 265 g/mol. The second-order valence-corrected chi connectivity index (χ2v) is 6.54. The molecule has 0 amide bonds. The minimum absolute atomic E-state index is 0.00711. The summed E-state index contributed by atoms with van der Waals surface area (Å²) in [5, 5.41) is 8.98. The number of nitrogen functional groups attached to an aromatic ring is 1. The molecule has 96 valence electrons. The molecule has 1 aromatic rings. The highest BCUT2D eigenvalue weighted by Crippen LogP contribution is 2.33. The third-order valence-corrected chi connectivity index (χ3v) is 4.95. The number of nitrogens with zero attached hydrogens (tertiary/aromatic N) is 1. The minimum Gasteiger partial charge on any atom is -0.399 e. The second-order valence-electron chi connectivity index (χ2n) is 4.89. The van der Waals surface area contributed by atoms with Gasteiger partial charge in [0.1, 0.15) is 6.07 Å². The van der Waals surface area contributed by atoms with Crippen LogP contribution in [0.3, 0.4) is 0 Å². The lowest BCUT2D eigenvalue weighted by Gasteiger charge is -2.38. The van der Waals surface area contributed by atoms with Crippen LogP contribution in [0.5, 0.6) is 0 Å². The highest BCUT2D eigenvalue weighted by molar-refractivity contribution is 7.89.